The zero-order chi connectivity index (χ0) is 21.6. The first-order valence-corrected chi connectivity index (χ1v) is 12.1. The lowest BCUT2D eigenvalue weighted by Gasteiger charge is -2.17. The smallest absolute Gasteiger partial charge is 0.265 e. The number of thiophene rings is 1. The van der Waals surface area contributed by atoms with Gasteiger partial charge in [0.05, 0.1) is 10.6 Å². The van der Waals surface area contributed by atoms with Gasteiger partial charge in [-0.2, -0.15) is 0 Å². The SMILES string of the molecule is Cc1csc(NC(=O)C(Sc2cccc(NC(=O)c3cccs3)c2)c2ccccc2)n1. The number of amides is 2. The summed E-state index contributed by atoms with van der Waals surface area (Å²) in [5, 5.41) is 9.74. The quantitative estimate of drug-likeness (QED) is 0.317. The second-order valence-corrected chi connectivity index (χ2v) is 9.64. The number of rotatable bonds is 7. The normalized spacial score (nSPS) is 11.6. The topological polar surface area (TPSA) is 71.1 Å². The van der Waals surface area contributed by atoms with Gasteiger partial charge in [-0.1, -0.05) is 42.5 Å². The molecule has 0 fully saturated rings. The van der Waals surface area contributed by atoms with Crippen LogP contribution < -0.4 is 10.6 Å². The maximum atomic E-state index is 13.1. The maximum absolute atomic E-state index is 13.1. The first kappa shape index (κ1) is 21.3. The van der Waals surface area contributed by atoms with Gasteiger partial charge in [-0.25, -0.2) is 4.98 Å². The second-order valence-electron chi connectivity index (χ2n) is 6.65. The molecule has 4 aromatic rings. The van der Waals surface area contributed by atoms with Crippen molar-refractivity contribution >= 4 is 57.1 Å². The molecule has 2 aromatic carbocycles. The molecule has 4 rings (SSSR count). The van der Waals surface area contributed by atoms with Gasteiger partial charge < -0.3 is 10.6 Å². The van der Waals surface area contributed by atoms with E-state index in [1.54, 1.807) is 6.07 Å². The summed E-state index contributed by atoms with van der Waals surface area (Å²) in [4.78, 5) is 31.3. The number of aryl methyl sites for hydroxylation is 1. The molecule has 5 nitrogen and oxygen atoms in total. The van der Waals surface area contributed by atoms with Crippen molar-refractivity contribution < 1.29 is 9.59 Å². The average Bonchev–Trinajstić information content (AvgIpc) is 3.45. The predicted octanol–water partition coefficient (Wildman–Crippen LogP) is 6.24. The number of benzene rings is 2. The molecule has 2 aromatic heterocycles. The minimum Gasteiger partial charge on any atom is -0.321 e. The lowest BCUT2D eigenvalue weighted by Crippen LogP contribution is -2.19. The molecule has 156 valence electrons. The fourth-order valence-corrected chi connectivity index (χ4v) is 5.26. The lowest BCUT2D eigenvalue weighted by molar-refractivity contribution is -0.115. The zero-order valence-electron chi connectivity index (χ0n) is 16.6. The molecule has 1 atom stereocenters. The maximum Gasteiger partial charge on any atom is 0.265 e. The van der Waals surface area contributed by atoms with Gasteiger partial charge in [0.25, 0.3) is 5.91 Å². The van der Waals surface area contributed by atoms with E-state index in [0.29, 0.717) is 15.7 Å². The minimum absolute atomic E-state index is 0.140. The van der Waals surface area contributed by atoms with Gasteiger partial charge in [-0.3, -0.25) is 9.59 Å². The Bertz CT molecular complexity index is 1170. The molecule has 0 saturated heterocycles. The summed E-state index contributed by atoms with van der Waals surface area (Å²) in [6.07, 6.45) is 0. The van der Waals surface area contributed by atoms with E-state index in [0.717, 1.165) is 16.2 Å². The largest absolute Gasteiger partial charge is 0.321 e. The summed E-state index contributed by atoms with van der Waals surface area (Å²) in [5.41, 5.74) is 2.45. The number of aromatic nitrogens is 1. The van der Waals surface area contributed by atoms with Crippen molar-refractivity contribution in [2.45, 2.75) is 17.1 Å². The Labute approximate surface area is 192 Å². The third kappa shape index (κ3) is 5.61. The Hall–Kier alpha value is -2.94. The molecule has 0 radical (unpaired) electrons. The second kappa shape index (κ2) is 9.91. The van der Waals surface area contributed by atoms with Crippen LogP contribution in [0.1, 0.15) is 26.2 Å². The van der Waals surface area contributed by atoms with Crippen LogP contribution in [0.4, 0.5) is 10.8 Å². The molecule has 8 heteroatoms. The van der Waals surface area contributed by atoms with Crippen molar-refractivity contribution in [3.05, 3.63) is 93.6 Å². The molecular formula is C23H19N3O2S3. The van der Waals surface area contributed by atoms with E-state index in [-0.39, 0.29) is 11.8 Å². The Morgan fingerprint density at radius 3 is 2.52 bits per heavy atom. The molecule has 0 bridgehead atoms. The van der Waals surface area contributed by atoms with Crippen molar-refractivity contribution in [2.24, 2.45) is 0 Å². The number of carbonyl (C=O) groups is 2. The highest BCUT2D eigenvalue weighted by Gasteiger charge is 2.23. The molecule has 0 saturated carbocycles. The van der Waals surface area contributed by atoms with Crippen LogP contribution in [0.2, 0.25) is 0 Å². The van der Waals surface area contributed by atoms with Gasteiger partial charge in [0, 0.05) is 16.0 Å². The third-order valence-electron chi connectivity index (χ3n) is 4.28. The van der Waals surface area contributed by atoms with Gasteiger partial charge >= 0.3 is 0 Å². The van der Waals surface area contributed by atoms with Crippen LogP contribution in [0.15, 0.2) is 82.4 Å². The fourth-order valence-electron chi connectivity index (χ4n) is 2.87. The van der Waals surface area contributed by atoms with E-state index in [1.807, 2.05) is 78.3 Å². The van der Waals surface area contributed by atoms with Gasteiger partial charge in [-0.15, -0.1) is 34.4 Å². The van der Waals surface area contributed by atoms with Crippen molar-refractivity contribution in [3.63, 3.8) is 0 Å². The minimum atomic E-state index is -0.464. The highest BCUT2D eigenvalue weighted by atomic mass is 32.2. The lowest BCUT2D eigenvalue weighted by atomic mass is 10.1. The monoisotopic (exact) mass is 465 g/mol. The van der Waals surface area contributed by atoms with Gasteiger partial charge in [0.2, 0.25) is 5.91 Å². The van der Waals surface area contributed by atoms with E-state index >= 15 is 0 Å². The summed E-state index contributed by atoms with van der Waals surface area (Å²) in [6, 6.07) is 20.8. The van der Waals surface area contributed by atoms with Gasteiger partial charge in [0.15, 0.2) is 5.13 Å². The van der Waals surface area contributed by atoms with Crippen LogP contribution in [0, 0.1) is 6.92 Å². The predicted molar refractivity (Wildman–Crippen MR) is 129 cm³/mol. The van der Waals surface area contributed by atoms with E-state index in [2.05, 4.69) is 15.6 Å². The number of carbonyl (C=O) groups excluding carboxylic acids is 2. The van der Waals surface area contributed by atoms with E-state index in [4.69, 9.17) is 0 Å². The van der Waals surface area contributed by atoms with Crippen molar-refractivity contribution in [1.82, 2.24) is 4.98 Å². The van der Waals surface area contributed by atoms with Crippen LogP contribution in [-0.2, 0) is 4.79 Å². The number of nitrogens with zero attached hydrogens (tertiary/aromatic N) is 1. The van der Waals surface area contributed by atoms with Crippen LogP contribution in [-0.4, -0.2) is 16.8 Å². The van der Waals surface area contributed by atoms with E-state index in [1.165, 1.54) is 34.4 Å². The molecule has 0 spiro atoms. The Kier molecular flexibility index (Phi) is 6.81. The third-order valence-corrected chi connectivity index (χ3v) is 7.27. The fraction of sp³-hybridized carbons (Fsp3) is 0.0870. The molecule has 0 aliphatic heterocycles. The zero-order valence-corrected chi connectivity index (χ0v) is 19.0. The van der Waals surface area contributed by atoms with E-state index < -0.39 is 5.25 Å². The van der Waals surface area contributed by atoms with E-state index in [9.17, 15) is 9.59 Å². The highest BCUT2D eigenvalue weighted by Crippen LogP contribution is 2.37. The van der Waals surface area contributed by atoms with Crippen LogP contribution in [0.3, 0.4) is 0 Å². The molecular weight excluding hydrogens is 446 g/mol. The van der Waals surface area contributed by atoms with Gasteiger partial charge in [0.1, 0.15) is 5.25 Å². The molecule has 31 heavy (non-hydrogen) atoms. The molecule has 2 N–H and O–H groups in total. The number of nitrogens with one attached hydrogen (secondary N) is 2. The Balaban J connectivity index is 1.54. The number of anilines is 2. The number of hydrogen-bond donors (Lipinski definition) is 2. The molecule has 2 amide bonds. The van der Waals surface area contributed by atoms with Crippen molar-refractivity contribution in [3.8, 4) is 0 Å². The molecule has 2 heterocycles. The van der Waals surface area contributed by atoms with Crippen LogP contribution in [0.5, 0.6) is 0 Å². The average molecular weight is 466 g/mol. The molecule has 0 aliphatic carbocycles. The first-order chi connectivity index (χ1) is 15.1. The number of hydrogen-bond acceptors (Lipinski definition) is 6. The van der Waals surface area contributed by atoms with Gasteiger partial charge in [-0.05, 0) is 42.1 Å². The van der Waals surface area contributed by atoms with Crippen LogP contribution >= 0.6 is 34.4 Å². The Morgan fingerprint density at radius 1 is 0.968 bits per heavy atom. The summed E-state index contributed by atoms with van der Waals surface area (Å²) < 4.78 is 0. The molecule has 1 unspecified atom stereocenters. The number of thioether (sulfide) groups is 1. The summed E-state index contributed by atoms with van der Waals surface area (Å²) in [7, 11) is 0. The summed E-state index contributed by atoms with van der Waals surface area (Å²) in [5.74, 6) is -0.285. The van der Waals surface area contributed by atoms with Crippen LogP contribution in [0.25, 0.3) is 0 Å². The Morgan fingerprint density at radius 2 is 1.81 bits per heavy atom. The first-order valence-electron chi connectivity index (χ1n) is 9.48. The summed E-state index contributed by atoms with van der Waals surface area (Å²) in [6.45, 7) is 1.89. The molecule has 0 aliphatic rings. The standard InChI is InChI=1S/C23H19N3O2S3/c1-15-14-30-23(24-15)26-22(28)20(16-7-3-2-4-8-16)31-18-10-5-9-17(13-18)25-21(27)19-11-6-12-29-19/h2-14,20H,1H3,(H,25,27)(H,24,26,28). The number of thiazole rings is 1. The summed E-state index contributed by atoms with van der Waals surface area (Å²) >= 11 is 4.23. The van der Waals surface area contributed by atoms with Crippen molar-refractivity contribution in [1.29, 1.82) is 0 Å². The highest BCUT2D eigenvalue weighted by molar-refractivity contribution is 8.00. The van der Waals surface area contributed by atoms with Crippen molar-refractivity contribution in [2.75, 3.05) is 10.6 Å².